The molecule has 0 aliphatic heterocycles. The van der Waals surface area contributed by atoms with E-state index in [0.29, 0.717) is 0 Å². The number of hydrogen-bond acceptors (Lipinski definition) is 4. The minimum Gasteiger partial charge on any atom is -0.289 e. The zero-order chi connectivity index (χ0) is 15.3. The lowest BCUT2D eigenvalue weighted by Crippen LogP contribution is -2.22. The molecule has 1 aliphatic rings. The number of nitrogens with zero attached hydrogens (tertiary/aromatic N) is 1. The summed E-state index contributed by atoms with van der Waals surface area (Å²) >= 11 is 11.7. The molecular formula is C14H5Cl2NO4. The SMILES string of the molecule is O=C1c2cc(Cl)c(Cl)cc2C(=O)c2c1cccc2[N+](=O)[O-]. The van der Waals surface area contributed by atoms with Gasteiger partial charge in [-0.2, -0.15) is 0 Å². The van der Waals surface area contributed by atoms with Gasteiger partial charge in [-0.3, -0.25) is 19.7 Å². The van der Waals surface area contributed by atoms with Crippen LogP contribution in [-0.4, -0.2) is 16.5 Å². The lowest BCUT2D eigenvalue weighted by molar-refractivity contribution is -0.385. The minimum atomic E-state index is -0.688. The van der Waals surface area contributed by atoms with Crippen molar-refractivity contribution in [3.63, 3.8) is 0 Å². The molecule has 0 bridgehead atoms. The molecule has 7 heteroatoms. The zero-order valence-corrected chi connectivity index (χ0v) is 11.7. The van der Waals surface area contributed by atoms with Crippen molar-refractivity contribution in [3.8, 4) is 0 Å². The van der Waals surface area contributed by atoms with E-state index in [4.69, 9.17) is 23.2 Å². The van der Waals surface area contributed by atoms with Crippen molar-refractivity contribution in [3.05, 3.63) is 72.7 Å². The van der Waals surface area contributed by atoms with Gasteiger partial charge in [0.1, 0.15) is 5.56 Å². The number of hydrogen-bond donors (Lipinski definition) is 0. The van der Waals surface area contributed by atoms with Gasteiger partial charge in [-0.25, -0.2) is 0 Å². The van der Waals surface area contributed by atoms with E-state index in [0.717, 1.165) is 0 Å². The summed E-state index contributed by atoms with van der Waals surface area (Å²) in [4.78, 5) is 35.3. The lowest BCUT2D eigenvalue weighted by atomic mass is 9.83. The number of benzene rings is 2. The first-order chi connectivity index (χ1) is 9.91. The highest BCUT2D eigenvalue weighted by Crippen LogP contribution is 2.36. The molecule has 2 aromatic rings. The quantitative estimate of drug-likeness (QED) is 0.506. The third-order valence-corrected chi connectivity index (χ3v) is 3.98. The predicted octanol–water partition coefficient (Wildman–Crippen LogP) is 3.68. The van der Waals surface area contributed by atoms with E-state index in [2.05, 4.69) is 0 Å². The number of nitro benzene ring substituents is 1. The number of carbonyl (C=O) groups is 2. The fourth-order valence-corrected chi connectivity index (χ4v) is 2.65. The van der Waals surface area contributed by atoms with Crippen LogP contribution in [0.1, 0.15) is 31.8 Å². The largest absolute Gasteiger partial charge is 0.289 e. The summed E-state index contributed by atoms with van der Waals surface area (Å²) in [7, 11) is 0. The molecule has 3 rings (SSSR count). The molecule has 0 unspecified atom stereocenters. The number of nitro groups is 1. The molecule has 0 spiro atoms. The molecule has 5 nitrogen and oxygen atoms in total. The first-order valence-corrected chi connectivity index (χ1v) is 6.53. The van der Waals surface area contributed by atoms with Crippen molar-refractivity contribution in [2.45, 2.75) is 0 Å². The number of ketones is 2. The van der Waals surface area contributed by atoms with Crippen LogP contribution in [0.5, 0.6) is 0 Å². The average Bonchev–Trinajstić information content (AvgIpc) is 2.46. The summed E-state index contributed by atoms with van der Waals surface area (Å²) in [6.45, 7) is 0. The molecule has 104 valence electrons. The van der Waals surface area contributed by atoms with E-state index in [1.54, 1.807) is 0 Å². The van der Waals surface area contributed by atoms with Gasteiger partial charge >= 0.3 is 0 Å². The molecule has 0 atom stereocenters. The van der Waals surface area contributed by atoms with Crippen LogP contribution in [0.15, 0.2) is 30.3 Å². The molecule has 0 saturated carbocycles. The Morgan fingerprint density at radius 3 is 2.05 bits per heavy atom. The summed E-state index contributed by atoms with van der Waals surface area (Å²) in [6, 6.07) is 6.51. The Hall–Kier alpha value is -2.24. The van der Waals surface area contributed by atoms with Gasteiger partial charge in [-0.05, 0) is 18.2 Å². The molecule has 0 radical (unpaired) electrons. The molecule has 0 N–H and O–H groups in total. The minimum absolute atomic E-state index is 0.0000825. The topological polar surface area (TPSA) is 77.3 Å². The maximum Gasteiger partial charge on any atom is 0.281 e. The van der Waals surface area contributed by atoms with Crippen molar-refractivity contribution < 1.29 is 14.5 Å². The molecule has 0 aromatic heterocycles. The second kappa shape index (κ2) is 4.65. The van der Waals surface area contributed by atoms with Crippen LogP contribution in [0, 0.1) is 10.1 Å². The van der Waals surface area contributed by atoms with Crippen molar-refractivity contribution in [1.82, 2.24) is 0 Å². The smallest absolute Gasteiger partial charge is 0.281 e. The summed E-state index contributed by atoms with van der Waals surface area (Å²) < 4.78 is 0. The summed E-state index contributed by atoms with van der Waals surface area (Å²) in [6.07, 6.45) is 0. The maximum atomic E-state index is 12.5. The van der Waals surface area contributed by atoms with E-state index >= 15 is 0 Å². The van der Waals surface area contributed by atoms with Crippen molar-refractivity contribution in [2.75, 3.05) is 0 Å². The van der Waals surface area contributed by atoms with Crippen LogP contribution in [-0.2, 0) is 0 Å². The molecule has 21 heavy (non-hydrogen) atoms. The Morgan fingerprint density at radius 2 is 1.48 bits per heavy atom. The third kappa shape index (κ3) is 1.93. The highest BCUT2D eigenvalue weighted by Gasteiger charge is 2.35. The monoisotopic (exact) mass is 321 g/mol. The number of rotatable bonds is 1. The van der Waals surface area contributed by atoms with E-state index in [1.165, 1.54) is 30.3 Å². The lowest BCUT2D eigenvalue weighted by Gasteiger charge is -2.17. The van der Waals surface area contributed by atoms with Gasteiger partial charge in [0.25, 0.3) is 5.69 Å². The Kier molecular flexibility index (Phi) is 3.04. The molecular weight excluding hydrogens is 317 g/mol. The Labute approximate surface area is 128 Å². The van der Waals surface area contributed by atoms with Gasteiger partial charge in [-0.15, -0.1) is 0 Å². The van der Waals surface area contributed by atoms with E-state index in [-0.39, 0.29) is 32.3 Å². The van der Waals surface area contributed by atoms with Gasteiger partial charge < -0.3 is 0 Å². The molecule has 1 aliphatic carbocycles. The van der Waals surface area contributed by atoms with Gasteiger partial charge in [0.15, 0.2) is 5.78 Å². The van der Waals surface area contributed by atoms with E-state index in [9.17, 15) is 19.7 Å². The predicted molar refractivity (Wildman–Crippen MR) is 76.4 cm³/mol. The standard InChI is InChI=1S/C14H5Cl2NO4/c15-9-4-7-8(5-10(9)16)14(19)12-6(13(7)18)2-1-3-11(12)17(20)21/h1-5H. The van der Waals surface area contributed by atoms with Crippen LogP contribution in [0.3, 0.4) is 0 Å². The molecule has 0 saturated heterocycles. The maximum absolute atomic E-state index is 12.5. The van der Waals surface area contributed by atoms with Crippen LogP contribution >= 0.6 is 23.2 Å². The molecule has 0 amide bonds. The van der Waals surface area contributed by atoms with Crippen molar-refractivity contribution in [2.24, 2.45) is 0 Å². The number of halogens is 2. The Balaban J connectivity index is 2.36. The fourth-order valence-electron chi connectivity index (χ4n) is 2.32. The first-order valence-electron chi connectivity index (χ1n) is 5.77. The fraction of sp³-hybridized carbons (Fsp3) is 0. The van der Waals surface area contributed by atoms with Crippen LogP contribution in [0.25, 0.3) is 0 Å². The summed E-state index contributed by atoms with van der Waals surface area (Å²) in [5.74, 6) is -1.09. The average molecular weight is 322 g/mol. The van der Waals surface area contributed by atoms with Crippen LogP contribution in [0.4, 0.5) is 5.69 Å². The molecule has 2 aromatic carbocycles. The van der Waals surface area contributed by atoms with Gasteiger partial charge in [-0.1, -0.05) is 29.3 Å². The van der Waals surface area contributed by atoms with Crippen molar-refractivity contribution in [1.29, 1.82) is 0 Å². The van der Waals surface area contributed by atoms with Crippen molar-refractivity contribution >= 4 is 40.5 Å². The van der Waals surface area contributed by atoms with Gasteiger partial charge in [0.05, 0.1) is 15.0 Å². The van der Waals surface area contributed by atoms with Gasteiger partial charge in [0, 0.05) is 22.8 Å². The second-order valence-electron chi connectivity index (χ2n) is 4.43. The molecule has 0 fully saturated rings. The normalized spacial score (nSPS) is 12.9. The highest BCUT2D eigenvalue weighted by atomic mass is 35.5. The molecule has 0 heterocycles. The number of fused-ring (bicyclic) bond motifs is 2. The second-order valence-corrected chi connectivity index (χ2v) is 5.24. The Morgan fingerprint density at radius 1 is 0.905 bits per heavy atom. The summed E-state index contributed by atoms with van der Waals surface area (Å²) in [5.41, 5.74) is -0.486. The van der Waals surface area contributed by atoms with E-state index < -0.39 is 22.2 Å². The van der Waals surface area contributed by atoms with E-state index in [1.807, 2.05) is 0 Å². The Bertz CT molecular complexity index is 845. The number of carbonyl (C=O) groups excluding carboxylic acids is 2. The van der Waals surface area contributed by atoms with Crippen LogP contribution in [0.2, 0.25) is 10.0 Å². The first kappa shape index (κ1) is 13.7. The highest BCUT2D eigenvalue weighted by molar-refractivity contribution is 6.43. The zero-order valence-electron chi connectivity index (χ0n) is 10.2. The van der Waals surface area contributed by atoms with Crippen LogP contribution < -0.4 is 0 Å². The third-order valence-electron chi connectivity index (χ3n) is 3.26. The van der Waals surface area contributed by atoms with Gasteiger partial charge in [0.2, 0.25) is 5.78 Å². The summed E-state index contributed by atoms with van der Waals surface area (Å²) in [5, 5.41) is 11.3.